The van der Waals surface area contributed by atoms with Gasteiger partial charge in [0.25, 0.3) is 0 Å². The molecule has 0 spiro atoms. The predicted molar refractivity (Wildman–Crippen MR) is 157 cm³/mol. The molecule has 0 bridgehead atoms. The summed E-state index contributed by atoms with van der Waals surface area (Å²) in [7, 11) is 11.7. The van der Waals surface area contributed by atoms with Crippen LogP contribution >= 0.6 is 0 Å². The summed E-state index contributed by atoms with van der Waals surface area (Å²) in [5.41, 5.74) is 2.64. The molecule has 1 atom stereocenters. The number of rotatable bonds is 10. The summed E-state index contributed by atoms with van der Waals surface area (Å²) in [5.74, 6) is 4.24. The molecule has 0 N–H and O–H groups in total. The number of likely N-dealkylation sites (N-methyl/N-ethyl adjacent to an activating group) is 1. The lowest BCUT2D eigenvalue weighted by atomic mass is 10.1. The normalized spacial score (nSPS) is 17.3. The highest BCUT2D eigenvalue weighted by molar-refractivity contribution is 5.96. The van der Waals surface area contributed by atoms with Gasteiger partial charge < -0.3 is 33.3 Å². The molecular weight excluding hydrogens is 528 g/mol. The summed E-state index contributed by atoms with van der Waals surface area (Å²) in [5, 5.41) is 0.783. The number of hydrogen-bond acceptors (Lipinski definition) is 12. The second-order valence-electron chi connectivity index (χ2n) is 9.89. The highest BCUT2D eigenvalue weighted by Crippen LogP contribution is 2.46. The monoisotopic (exact) mass is 566 g/mol. The Morgan fingerprint density at radius 3 is 2.00 bits per heavy atom. The van der Waals surface area contributed by atoms with Gasteiger partial charge in [0.15, 0.2) is 23.0 Å². The Morgan fingerprint density at radius 1 is 0.756 bits per heavy atom. The van der Waals surface area contributed by atoms with Crippen LogP contribution in [0.3, 0.4) is 0 Å². The van der Waals surface area contributed by atoms with E-state index in [1.54, 1.807) is 48.9 Å². The quantitative estimate of drug-likeness (QED) is 0.362. The number of methoxy groups -OCH3 is 6. The number of aliphatic imine (C=N–C) groups is 1. The van der Waals surface area contributed by atoms with Crippen molar-refractivity contribution in [2.45, 2.75) is 12.7 Å². The van der Waals surface area contributed by atoms with Crippen molar-refractivity contribution >= 4 is 22.8 Å². The molecule has 41 heavy (non-hydrogen) atoms. The van der Waals surface area contributed by atoms with Crippen molar-refractivity contribution < 1.29 is 28.4 Å². The van der Waals surface area contributed by atoms with Crippen LogP contribution in [-0.4, -0.2) is 115 Å². The Labute approximate surface area is 240 Å². The fourth-order valence-corrected chi connectivity index (χ4v) is 5.50. The standard InChI is InChI=1S/C29H38N6O6/c1-33-21-13-23(37-3)29(41-7)27(39-5)19(21)15-31-25(33)17-35-10-8-34(9-11-35)16-24-30-14-18-20(32-24)12-22(36-2)28(40-6)26(18)38-4/h12-15,25H,8-11,16-17H2,1-7H3. The number of nitrogens with zero attached hydrogens (tertiary/aromatic N) is 6. The van der Waals surface area contributed by atoms with Crippen LogP contribution in [0, 0.1) is 0 Å². The molecule has 1 saturated heterocycles. The lowest BCUT2D eigenvalue weighted by Crippen LogP contribution is -2.51. The van der Waals surface area contributed by atoms with Gasteiger partial charge in [-0.05, 0) is 0 Å². The third kappa shape index (κ3) is 5.36. The number of anilines is 1. The second-order valence-corrected chi connectivity index (χ2v) is 9.89. The summed E-state index contributed by atoms with van der Waals surface area (Å²) >= 11 is 0. The van der Waals surface area contributed by atoms with Crippen LogP contribution in [0.15, 0.2) is 23.3 Å². The number of ether oxygens (including phenoxy) is 6. The molecule has 0 amide bonds. The van der Waals surface area contributed by atoms with Gasteiger partial charge in [0.1, 0.15) is 12.0 Å². The molecule has 220 valence electrons. The van der Waals surface area contributed by atoms with E-state index in [9.17, 15) is 0 Å². The van der Waals surface area contributed by atoms with E-state index in [1.165, 1.54) is 0 Å². The third-order valence-electron chi connectivity index (χ3n) is 7.74. The number of piperazine rings is 1. The molecule has 3 aromatic rings. The summed E-state index contributed by atoms with van der Waals surface area (Å²) in [6.07, 6.45) is 3.65. The average Bonchev–Trinajstić information content (AvgIpc) is 3.01. The lowest BCUT2D eigenvalue weighted by Gasteiger charge is -2.39. The number of benzene rings is 2. The largest absolute Gasteiger partial charge is 0.493 e. The van der Waals surface area contributed by atoms with Crippen molar-refractivity contribution in [1.82, 2.24) is 19.8 Å². The van der Waals surface area contributed by atoms with Crippen molar-refractivity contribution in [1.29, 1.82) is 0 Å². The van der Waals surface area contributed by atoms with E-state index in [0.29, 0.717) is 41.0 Å². The van der Waals surface area contributed by atoms with Gasteiger partial charge in [-0.3, -0.25) is 14.8 Å². The van der Waals surface area contributed by atoms with Crippen molar-refractivity contribution in [3.63, 3.8) is 0 Å². The molecule has 0 saturated carbocycles. The minimum atomic E-state index is -0.0253. The van der Waals surface area contributed by atoms with Gasteiger partial charge in [-0.25, -0.2) is 9.97 Å². The van der Waals surface area contributed by atoms with Crippen LogP contribution in [0.5, 0.6) is 34.5 Å². The summed E-state index contributed by atoms with van der Waals surface area (Å²) < 4.78 is 33.4. The molecule has 2 aromatic carbocycles. The van der Waals surface area contributed by atoms with Crippen LogP contribution < -0.4 is 33.3 Å². The van der Waals surface area contributed by atoms with E-state index in [4.69, 9.17) is 38.4 Å². The molecule has 3 heterocycles. The van der Waals surface area contributed by atoms with E-state index in [2.05, 4.69) is 26.7 Å². The maximum Gasteiger partial charge on any atom is 0.204 e. The average molecular weight is 567 g/mol. The second kappa shape index (κ2) is 12.2. The summed E-state index contributed by atoms with van der Waals surface area (Å²) in [4.78, 5) is 21.3. The molecule has 12 heteroatoms. The van der Waals surface area contributed by atoms with E-state index in [-0.39, 0.29) is 6.17 Å². The molecule has 1 fully saturated rings. The first kappa shape index (κ1) is 28.5. The summed E-state index contributed by atoms with van der Waals surface area (Å²) in [6.45, 7) is 5.14. The Morgan fingerprint density at radius 2 is 1.37 bits per heavy atom. The molecule has 0 aliphatic carbocycles. The fourth-order valence-electron chi connectivity index (χ4n) is 5.50. The smallest absolute Gasteiger partial charge is 0.204 e. The first-order valence-corrected chi connectivity index (χ1v) is 13.4. The molecule has 5 rings (SSSR count). The summed E-state index contributed by atoms with van der Waals surface area (Å²) in [6, 6.07) is 3.85. The van der Waals surface area contributed by atoms with E-state index >= 15 is 0 Å². The molecule has 2 aliphatic rings. The zero-order chi connectivity index (χ0) is 29.1. The molecule has 2 aliphatic heterocycles. The zero-order valence-electron chi connectivity index (χ0n) is 24.8. The Kier molecular flexibility index (Phi) is 8.50. The third-order valence-corrected chi connectivity index (χ3v) is 7.74. The van der Waals surface area contributed by atoms with Crippen LogP contribution in [-0.2, 0) is 6.54 Å². The van der Waals surface area contributed by atoms with Gasteiger partial charge in [0, 0.05) is 64.3 Å². The van der Waals surface area contributed by atoms with Gasteiger partial charge in [0.2, 0.25) is 11.5 Å². The number of fused-ring (bicyclic) bond motifs is 2. The maximum absolute atomic E-state index is 5.66. The molecule has 12 nitrogen and oxygen atoms in total. The Hall–Kier alpha value is -4.03. The topological polar surface area (TPSA) is 103 Å². The van der Waals surface area contributed by atoms with Crippen LogP contribution in [0.4, 0.5) is 5.69 Å². The van der Waals surface area contributed by atoms with Gasteiger partial charge >= 0.3 is 0 Å². The molecule has 1 aromatic heterocycles. The van der Waals surface area contributed by atoms with Crippen LogP contribution in [0.1, 0.15) is 11.4 Å². The fraction of sp³-hybridized carbons (Fsp3) is 0.483. The van der Waals surface area contributed by atoms with Crippen molar-refractivity contribution in [2.75, 3.05) is 87.3 Å². The minimum absolute atomic E-state index is 0.0253. The zero-order valence-corrected chi connectivity index (χ0v) is 24.8. The minimum Gasteiger partial charge on any atom is -0.493 e. The van der Waals surface area contributed by atoms with Gasteiger partial charge in [-0.15, -0.1) is 0 Å². The van der Waals surface area contributed by atoms with Gasteiger partial charge in [-0.1, -0.05) is 0 Å². The Balaban J connectivity index is 1.23. The first-order chi connectivity index (χ1) is 20.0. The highest BCUT2D eigenvalue weighted by atomic mass is 16.5. The van der Waals surface area contributed by atoms with Crippen molar-refractivity contribution in [3.8, 4) is 34.5 Å². The van der Waals surface area contributed by atoms with Crippen LogP contribution in [0.25, 0.3) is 10.9 Å². The van der Waals surface area contributed by atoms with E-state index in [0.717, 1.165) is 60.7 Å². The predicted octanol–water partition coefficient (Wildman–Crippen LogP) is 2.69. The van der Waals surface area contributed by atoms with Crippen molar-refractivity contribution in [2.24, 2.45) is 4.99 Å². The maximum atomic E-state index is 5.66. The Bertz CT molecular complexity index is 1430. The van der Waals surface area contributed by atoms with Crippen molar-refractivity contribution in [3.05, 3.63) is 29.7 Å². The molecule has 1 unspecified atom stereocenters. The van der Waals surface area contributed by atoms with E-state index in [1.807, 2.05) is 18.3 Å². The van der Waals surface area contributed by atoms with Gasteiger partial charge in [-0.2, -0.15) is 0 Å². The molecular formula is C29H38N6O6. The number of hydrogen-bond donors (Lipinski definition) is 0. The number of aromatic nitrogens is 2. The van der Waals surface area contributed by atoms with Gasteiger partial charge in [0.05, 0.1) is 71.4 Å². The highest BCUT2D eigenvalue weighted by Gasteiger charge is 2.30. The van der Waals surface area contributed by atoms with E-state index < -0.39 is 0 Å². The first-order valence-electron chi connectivity index (χ1n) is 13.4. The van der Waals surface area contributed by atoms with Crippen LogP contribution in [0.2, 0.25) is 0 Å². The SMILES string of the molecule is COc1cc2c(c(OC)c1OC)C=NC(CN1CCN(Cc3ncc4c(OC)c(OC)c(OC)cc4n3)CC1)N2C. The molecule has 0 radical (unpaired) electrons. The lowest BCUT2D eigenvalue weighted by molar-refractivity contribution is 0.120.